The Labute approximate surface area is 141 Å². The maximum absolute atomic E-state index is 12.2. The van der Waals surface area contributed by atoms with Crippen molar-refractivity contribution in [3.63, 3.8) is 0 Å². The quantitative estimate of drug-likeness (QED) is 0.852. The maximum atomic E-state index is 12.2. The fourth-order valence-corrected chi connectivity index (χ4v) is 2.27. The lowest BCUT2D eigenvalue weighted by Crippen LogP contribution is -2.26. The van der Waals surface area contributed by atoms with Crippen LogP contribution in [0.4, 0.5) is 11.6 Å². The molecule has 0 unspecified atom stereocenters. The molecule has 126 valence electrons. The Morgan fingerprint density at radius 2 is 2.00 bits per heavy atom. The molecular weight excluding hydrogens is 304 g/mol. The lowest BCUT2D eigenvalue weighted by atomic mass is 10.3. The van der Waals surface area contributed by atoms with E-state index in [4.69, 9.17) is 4.74 Å². The predicted octanol–water partition coefficient (Wildman–Crippen LogP) is 3.21. The summed E-state index contributed by atoms with van der Waals surface area (Å²) in [7, 11) is 0. The number of aromatic nitrogens is 2. The fraction of sp³-hybridized carbons (Fsp3) is 0.389. The number of hydrogen-bond acceptors (Lipinski definition) is 5. The van der Waals surface area contributed by atoms with Crippen LogP contribution in [-0.2, 0) is 0 Å². The van der Waals surface area contributed by atoms with Crippen molar-refractivity contribution in [3.8, 4) is 5.75 Å². The van der Waals surface area contributed by atoms with E-state index in [1.807, 2.05) is 45.0 Å². The first-order chi connectivity index (χ1) is 11.5. The molecule has 6 heteroatoms. The molecule has 1 amide bonds. The molecule has 1 fully saturated rings. The number of carbonyl (C=O) groups is 1. The van der Waals surface area contributed by atoms with E-state index in [1.54, 1.807) is 6.07 Å². The molecule has 0 saturated heterocycles. The molecule has 24 heavy (non-hydrogen) atoms. The highest BCUT2D eigenvalue weighted by Gasteiger charge is 2.24. The normalized spacial score (nSPS) is 13.7. The summed E-state index contributed by atoms with van der Waals surface area (Å²) in [6.07, 6.45) is 2.15. The van der Waals surface area contributed by atoms with E-state index in [9.17, 15) is 4.79 Å². The number of benzene rings is 1. The number of nitrogens with zero attached hydrogens (tertiary/aromatic N) is 2. The van der Waals surface area contributed by atoms with Crippen molar-refractivity contribution >= 4 is 17.5 Å². The molecule has 1 aromatic heterocycles. The van der Waals surface area contributed by atoms with E-state index in [0.717, 1.165) is 30.0 Å². The van der Waals surface area contributed by atoms with Gasteiger partial charge in [0.05, 0.1) is 11.8 Å². The highest BCUT2D eigenvalue weighted by molar-refractivity contribution is 5.93. The van der Waals surface area contributed by atoms with Crippen molar-refractivity contribution in [1.29, 1.82) is 0 Å². The Morgan fingerprint density at radius 3 is 2.71 bits per heavy atom. The van der Waals surface area contributed by atoms with Gasteiger partial charge in [0, 0.05) is 11.7 Å². The minimum absolute atomic E-state index is 0.0614. The molecule has 1 saturated carbocycles. The second-order valence-corrected chi connectivity index (χ2v) is 6.25. The minimum atomic E-state index is -0.155. The summed E-state index contributed by atoms with van der Waals surface area (Å²) < 4.78 is 5.79. The topological polar surface area (TPSA) is 76.1 Å². The summed E-state index contributed by atoms with van der Waals surface area (Å²) in [6, 6.07) is 9.59. The van der Waals surface area contributed by atoms with Crippen LogP contribution in [-0.4, -0.2) is 28.0 Å². The summed E-state index contributed by atoms with van der Waals surface area (Å²) in [4.78, 5) is 20.9. The van der Waals surface area contributed by atoms with E-state index in [-0.39, 0.29) is 12.0 Å². The molecule has 1 aliphatic carbocycles. The molecule has 1 aliphatic rings. The van der Waals surface area contributed by atoms with Crippen molar-refractivity contribution in [2.24, 2.45) is 0 Å². The van der Waals surface area contributed by atoms with E-state index in [2.05, 4.69) is 20.6 Å². The van der Waals surface area contributed by atoms with E-state index < -0.39 is 0 Å². The Morgan fingerprint density at radius 1 is 1.25 bits per heavy atom. The highest BCUT2D eigenvalue weighted by atomic mass is 16.5. The van der Waals surface area contributed by atoms with Gasteiger partial charge < -0.3 is 15.4 Å². The summed E-state index contributed by atoms with van der Waals surface area (Å²) in [6.45, 7) is 5.79. The third kappa shape index (κ3) is 4.22. The smallest absolute Gasteiger partial charge is 0.270 e. The number of rotatable bonds is 6. The zero-order valence-electron chi connectivity index (χ0n) is 14.2. The third-order valence-corrected chi connectivity index (χ3v) is 3.50. The lowest BCUT2D eigenvalue weighted by Gasteiger charge is -2.15. The van der Waals surface area contributed by atoms with Gasteiger partial charge in [0.2, 0.25) is 5.95 Å². The van der Waals surface area contributed by atoms with Crippen LogP contribution in [0.1, 0.15) is 42.9 Å². The van der Waals surface area contributed by atoms with Crippen molar-refractivity contribution in [2.75, 3.05) is 5.32 Å². The van der Waals surface area contributed by atoms with E-state index in [1.165, 1.54) is 0 Å². The number of carbonyl (C=O) groups excluding carboxylic acids is 1. The summed E-state index contributed by atoms with van der Waals surface area (Å²) >= 11 is 0. The minimum Gasteiger partial charge on any atom is -0.489 e. The second kappa shape index (κ2) is 6.86. The highest BCUT2D eigenvalue weighted by Crippen LogP contribution is 2.27. The molecule has 1 heterocycles. The second-order valence-electron chi connectivity index (χ2n) is 6.25. The number of hydrogen-bond donors (Lipinski definition) is 2. The van der Waals surface area contributed by atoms with Gasteiger partial charge in [-0.25, -0.2) is 9.97 Å². The van der Waals surface area contributed by atoms with Crippen LogP contribution in [0.2, 0.25) is 0 Å². The average Bonchev–Trinajstić information content (AvgIpc) is 3.32. The van der Waals surface area contributed by atoms with Gasteiger partial charge in [0.25, 0.3) is 5.91 Å². The number of para-hydroxylation sites is 2. The fourth-order valence-electron chi connectivity index (χ4n) is 2.27. The molecule has 3 rings (SSSR count). The van der Waals surface area contributed by atoms with Crippen molar-refractivity contribution in [3.05, 3.63) is 41.7 Å². The lowest BCUT2D eigenvalue weighted by molar-refractivity contribution is 0.0946. The van der Waals surface area contributed by atoms with Crippen LogP contribution in [0.15, 0.2) is 30.3 Å². The van der Waals surface area contributed by atoms with Crippen LogP contribution >= 0.6 is 0 Å². The third-order valence-electron chi connectivity index (χ3n) is 3.50. The SMILES string of the molecule is Cc1cc(C(=O)NC2CC2)nc(Nc2ccccc2OC(C)C)n1. The molecule has 0 bridgehead atoms. The molecule has 2 aromatic rings. The van der Waals surface area contributed by atoms with Gasteiger partial charge in [0.1, 0.15) is 11.4 Å². The molecule has 1 aromatic carbocycles. The number of ether oxygens (including phenoxy) is 1. The van der Waals surface area contributed by atoms with E-state index >= 15 is 0 Å². The van der Waals surface area contributed by atoms with Gasteiger partial charge in [-0.05, 0) is 51.8 Å². The largest absolute Gasteiger partial charge is 0.489 e. The maximum Gasteiger partial charge on any atom is 0.270 e. The first kappa shape index (κ1) is 16.2. The molecule has 6 nitrogen and oxygen atoms in total. The van der Waals surface area contributed by atoms with Crippen molar-refractivity contribution in [1.82, 2.24) is 15.3 Å². The summed E-state index contributed by atoms with van der Waals surface area (Å²) in [5, 5.41) is 6.10. The van der Waals surface area contributed by atoms with Gasteiger partial charge in [-0.2, -0.15) is 0 Å². The zero-order chi connectivity index (χ0) is 17.1. The summed E-state index contributed by atoms with van der Waals surface area (Å²) in [5.41, 5.74) is 1.88. The predicted molar refractivity (Wildman–Crippen MR) is 92.7 cm³/mol. The Bertz CT molecular complexity index is 742. The van der Waals surface area contributed by atoms with Crippen LogP contribution in [0.25, 0.3) is 0 Å². The van der Waals surface area contributed by atoms with E-state index in [0.29, 0.717) is 17.7 Å². The molecule has 0 atom stereocenters. The van der Waals surface area contributed by atoms with Crippen molar-refractivity contribution < 1.29 is 9.53 Å². The standard InChI is InChI=1S/C18H22N4O2/c1-11(2)24-16-7-5-4-6-14(16)21-18-19-12(3)10-15(22-18)17(23)20-13-8-9-13/h4-7,10-11,13H,8-9H2,1-3H3,(H,20,23)(H,19,21,22). The number of aryl methyl sites for hydroxylation is 1. The van der Waals surface area contributed by atoms with Gasteiger partial charge in [-0.3, -0.25) is 4.79 Å². The Kier molecular flexibility index (Phi) is 4.64. The number of nitrogens with one attached hydrogen (secondary N) is 2. The molecule has 0 aliphatic heterocycles. The number of amides is 1. The van der Waals surface area contributed by atoms with Gasteiger partial charge in [0.15, 0.2) is 0 Å². The first-order valence-electron chi connectivity index (χ1n) is 8.20. The van der Waals surface area contributed by atoms with Crippen LogP contribution in [0, 0.1) is 6.92 Å². The van der Waals surface area contributed by atoms with Gasteiger partial charge in [-0.15, -0.1) is 0 Å². The molecule has 0 radical (unpaired) electrons. The van der Waals surface area contributed by atoms with Crippen LogP contribution in [0.3, 0.4) is 0 Å². The van der Waals surface area contributed by atoms with Gasteiger partial charge in [-0.1, -0.05) is 12.1 Å². The Hall–Kier alpha value is -2.63. The van der Waals surface area contributed by atoms with Crippen molar-refractivity contribution in [2.45, 2.75) is 45.8 Å². The van der Waals surface area contributed by atoms with Crippen LogP contribution < -0.4 is 15.4 Å². The molecule has 0 spiro atoms. The zero-order valence-corrected chi connectivity index (χ0v) is 14.2. The Balaban J connectivity index is 1.82. The first-order valence-corrected chi connectivity index (χ1v) is 8.20. The van der Waals surface area contributed by atoms with Gasteiger partial charge >= 0.3 is 0 Å². The van der Waals surface area contributed by atoms with Crippen LogP contribution in [0.5, 0.6) is 5.75 Å². The summed E-state index contributed by atoms with van der Waals surface area (Å²) in [5.74, 6) is 0.954. The average molecular weight is 326 g/mol. The molecule has 2 N–H and O–H groups in total. The number of anilines is 2. The molecular formula is C18H22N4O2. The monoisotopic (exact) mass is 326 g/mol.